The van der Waals surface area contributed by atoms with E-state index in [0.717, 1.165) is 0 Å². The van der Waals surface area contributed by atoms with Crippen LogP contribution in [-0.4, -0.2) is 20.8 Å². The van der Waals surface area contributed by atoms with Crippen LogP contribution in [0.5, 0.6) is 11.5 Å². The molecule has 1 rings (SSSR count). The minimum atomic E-state index is -0.906. The first-order valence-electron chi connectivity index (χ1n) is 3.86. The Hall–Kier alpha value is -0.980. The Morgan fingerprint density at radius 2 is 2.21 bits per heavy atom. The molecule has 2 N–H and O–H groups in total. The molecular weight excluding hydrogens is 299 g/mol. The zero-order valence-corrected chi connectivity index (χ0v) is 9.39. The molecule has 5 heteroatoms. The molecule has 0 aliphatic rings. The Morgan fingerprint density at radius 3 is 2.79 bits per heavy atom. The zero-order chi connectivity index (χ0) is 10.6. The molecule has 1 aromatic rings. The number of halogens is 1. The van der Waals surface area contributed by atoms with E-state index in [-0.39, 0.29) is 12.2 Å². The maximum Gasteiger partial charge on any atom is 0.307 e. The summed E-state index contributed by atoms with van der Waals surface area (Å²) in [4.78, 5) is 10.4. The number of ether oxygens (including phenoxy) is 1. The number of carboxylic acid groups (broad SMARTS) is 1. The van der Waals surface area contributed by atoms with Crippen molar-refractivity contribution in [3.05, 3.63) is 23.8 Å². The first-order chi connectivity index (χ1) is 6.63. The van der Waals surface area contributed by atoms with Crippen LogP contribution in [0.2, 0.25) is 0 Å². The summed E-state index contributed by atoms with van der Waals surface area (Å²) in [7, 11) is 0. The molecule has 76 valence electrons. The second-order valence-corrected chi connectivity index (χ2v) is 3.25. The molecule has 0 aliphatic carbocycles. The lowest BCUT2D eigenvalue weighted by Gasteiger charge is -2.06. The molecule has 0 bridgehead atoms. The number of rotatable bonds is 4. The molecule has 0 heterocycles. The van der Waals surface area contributed by atoms with E-state index >= 15 is 0 Å². The molecule has 0 saturated heterocycles. The van der Waals surface area contributed by atoms with Crippen molar-refractivity contribution in [1.82, 2.24) is 0 Å². The predicted molar refractivity (Wildman–Crippen MR) is 59.0 cm³/mol. The van der Waals surface area contributed by atoms with E-state index in [2.05, 4.69) is 0 Å². The van der Waals surface area contributed by atoms with Crippen LogP contribution in [0.3, 0.4) is 0 Å². The van der Waals surface area contributed by atoms with Gasteiger partial charge in [-0.05, 0) is 40.3 Å². The highest BCUT2D eigenvalue weighted by atomic mass is 127. The first kappa shape index (κ1) is 11.1. The van der Waals surface area contributed by atoms with Crippen molar-refractivity contribution in [3.8, 4) is 11.5 Å². The second kappa shape index (κ2) is 5.04. The van der Waals surface area contributed by atoms with Crippen molar-refractivity contribution >= 4 is 28.6 Å². The van der Waals surface area contributed by atoms with E-state index < -0.39 is 5.97 Å². The van der Waals surface area contributed by atoms with Gasteiger partial charge < -0.3 is 14.9 Å². The number of benzene rings is 1. The van der Waals surface area contributed by atoms with Gasteiger partial charge in [-0.3, -0.25) is 4.79 Å². The van der Waals surface area contributed by atoms with Gasteiger partial charge in [0.1, 0.15) is 4.61 Å². The minimum Gasteiger partial charge on any atom is -0.504 e. The van der Waals surface area contributed by atoms with Crippen LogP contribution >= 0.6 is 22.6 Å². The Kier molecular flexibility index (Phi) is 3.99. The highest BCUT2D eigenvalue weighted by molar-refractivity contribution is 14.1. The summed E-state index contributed by atoms with van der Waals surface area (Å²) in [6, 6.07) is 4.52. The molecule has 0 fully saturated rings. The van der Waals surface area contributed by atoms with Crippen molar-refractivity contribution in [2.45, 2.75) is 6.42 Å². The van der Waals surface area contributed by atoms with E-state index in [1.807, 2.05) is 22.6 Å². The Bertz CT molecular complexity index is 338. The van der Waals surface area contributed by atoms with Crippen LogP contribution in [0.4, 0.5) is 0 Å². The van der Waals surface area contributed by atoms with Crippen molar-refractivity contribution in [1.29, 1.82) is 0 Å². The summed E-state index contributed by atoms with van der Waals surface area (Å²) >= 11 is 2.00. The monoisotopic (exact) mass is 308 g/mol. The summed E-state index contributed by atoms with van der Waals surface area (Å²) in [5.41, 5.74) is 0.607. The third-order valence-electron chi connectivity index (χ3n) is 1.59. The average Bonchev–Trinajstić information content (AvgIpc) is 2.10. The summed E-state index contributed by atoms with van der Waals surface area (Å²) in [6.07, 6.45) is -0.0715. The number of phenolic OH excluding ortho intramolecular Hbond substituents is 1. The Labute approximate surface area is 94.7 Å². The molecule has 0 amide bonds. The van der Waals surface area contributed by atoms with Gasteiger partial charge in [0.2, 0.25) is 0 Å². The quantitative estimate of drug-likeness (QED) is 0.657. The van der Waals surface area contributed by atoms with Crippen LogP contribution < -0.4 is 4.74 Å². The van der Waals surface area contributed by atoms with Gasteiger partial charge in [0.15, 0.2) is 11.5 Å². The average molecular weight is 308 g/mol. The van der Waals surface area contributed by atoms with E-state index in [1.54, 1.807) is 6.07 Å². The summed E-state index contributed by atoms with van der Waals surface area (Å²) in [5.74, 6) is -0.565. The molecular formula is C9H9IO4. The number of phenols is 1. The van der Waals surface area contributed by atoms with Crippen molar-refractivity contribution in [2.75, 3.05) is 4.61 Å². The molecule has 0 aromatic heterocycles. The van der Waals surface area contributed by atoms with Gasteiger partial charge in [0.25, 0.3) is 0 Å². The lowest BCUT2D eigenvalue weighted by Crippen LogP contribution is -2.00. The van der Waals surface area contributed by atoms with E-state index in [0.29, 0.717) is 15.9 Å². The topological polar surface area (TPSA) is 66.8 Å². The second-order valence-electron chi connectivity index (χ2n) is 2.63. The molecule has 14 heavy (non-hydrogen) atoms. The van der Waals surface area contributed by atoms with Gasteiger partial charge in [0, 0.05) is 0 Å². The summed E-state index contributed by atoms with van der Waals surface area (Å²) in [5, 5.41) is 17.9. The highest BCUT2D eigenvalue weighted by Gasteiger charge is 2.06. The van der Waals surface area contributed by atoms with Gasteiger partial charge >= 0.3 is 5.97 Å². The largest absolute Gasteiger partial charge is 0.504 e. The first-order valence-corrected chi connectivity index (χ1v) is 5.38. The minimum absolute atomic E-state index is 0.0239. The fraction of sp³-hybridized carbons (Fsp3) is 0.222. The smallest absolute Gasteiger partial charge is 0.307 e. The lowest BCUT2D eigenvalue weighted by atomic mass is 10.1. The molecule has 0 atom stereocenters. The van der Waals surface area contributed by atoms with Gasteiger partial charge in [-0.2, -0.15) is 0 Å². The van der Waals surface area contributed by atoms with Crippen molar-refractivity contribution in [2.24, 2.45) is 0 Å². The van der Waals surface area contributed by atoms with Crippen LogP contribution in [0, 0.1) is 0 Å². The van der Waals surface area contributed by atoms with Crippen molar-refractivity contribution < 1.29 is 19.7 Å². The Balaban J connectivity index is 2.88. The van der Waals surface area contributed by atoms with Crippen LogP contribution in [0.1, 0.15) is 5.56 Å². The molecule has 0 aliphatic heterocycles. The molecule has 4 nitrogen and oxygen atoms in total. The number of alkyl halides is 1. The summed E-state index contributed by atoms with van der Waals surface area (Å²) in [6.45, 7) is 0. The Morgan fingerprint density at radius 1 is 1.50 bits per heavy atom. The third-order valence-corrected chi connectivity index (χ3v) is 1.90. The van der Waals surface area contributed by atoms with E-state index in [1.165, 1.54) is 12.1 Å². The number of carboxylic acids is 1. The number of hydrogen-bond acceptors (Lipinski definition) is 3. The highest BCUT2D eigenvalue weighted by Crippen LogP contribution is 2.27. The maximum absolute atomic E-state index is 10.4. The van der Waals surface area contributed by atoms with E-state index in [4.69, 9.17) is 9.84 Å². The number of hydrogen-bond donors (Lipinski definition) is 2. The predicted octanol–water partition coefficient (Wildman–Crippen LogP) is 1.79. The molecule has 0 saturated carbocycles. The fourth-order valence-electron chi connectivity index (χ4n) is 1.02. The fourth-order valence-corrected chi connectivity index (χ4v) is 1.35. The summed E-state index contributed by atoms with van der Waals surface area (Å²) < 4.78 is 5.51. The lowest BCUT2D eigenvalue weighted by molar-refractivity contribution is -0.136. The van der Waals surface area contributed by atoms with Crippen LogP contribution in [0.15, 0.2) is 18.2 Å². The molecule has 1 aromatic carbocycles. The normalized spacial score (nSPS) is 9.79. The van der Waals surface area contributed by atoms with Crippen LogP contribution in [-0.2, 0) is 11.2 Å². The van der Waals surface area contributed by atoms with Gasteiger partial charge in [-0.15, -0.1) is 0 Å². The molecule has 0 radical (unpaired) electrons. The number of carbonyl (C=O) groups is 1. The SMILES string of the molecule is O=C(O)Cc1ccc(O)c(OCI)c1. The van der Waals surface area contributed by atoms with Gasteiger partial charge in [-0.25, -0.2) is 0 Å². The van der Waals surface area contributed by atoms with Crippen LogP contribution in [0.25, 0.3) is 0 Å². The molecule has 0 unspecified atom stereocenters. The van der Waals surface area contributed by atoms with E-state index in [9.17, 15) is 9.90 Å². The third kappa shape index (κ3) is 3.06. The van der Waals surface area contributed by atoms with Crippen molar-refractivity contribution in [3.63, 3.8) is 0 Å². The number of aromatic hydroxyl groups is 1. The molecule has 0 spiro atoms. The van der Waals surface area contributed by atoms with Gasteiger partial charge in [-0.1, -0.05) is 6.07 Å². The zero-order valence-electron chi connectivity index (χ0n) is 7.24. The standard InChI is InChI=1S/C9H9IO4/c10-5-14-8-3-6(4-9(12)13)1-2-7(8)11/h1-3,11H,4-5H2,(H,12,13). The van der Waals surface area contributed by atoms with Gasteiger partial charge in [0.05, 0.1) is 6.42 Å². The number of aliphatic carboxylic acids is 1. The maximum atomic E-state index is 10.4.